The molecule has 0 saturated carbocycles. The van der Waals surface area contributed by atoms with Crippen molar-refractivity contribution in [3.63, 3.8) is 0 Å². The van der Waals surface area contributed by atoms with Gasteiger partial charge in [0.05, 0.1) is 85.8 Å². The van der Waals surface area contributed by atoms with Crippen molar-refractivity contribution in [2.75, 3.05) is 112 Å². The molecule has 16 nitrogen and oxygen atoms in total. The number of rotatable bonds is 26. The van der Waals surface area contributed by atoms with Crippen molar-refractivity contribution in [3.05, 3.63) is 10.4 Å². The van der Waals surface area contributed by atoms with E-state index < -0.39 is 17.7 Å². The lowest BCUT2D eigenvalue weighted by molar-refractivity contribution is -0.144. The van der Waals surface area contributed by atoms with Crippen LogP contribution in [0.2, 0.25) is 0 Å². The molecule has 0 unspecified atom stereocenters. The van der Waals surface area contributed by atoms with Crippen LogP contribution in [0.25, 0.3) is 10.4 Å². The van der Waals surface area contributed by atoms with E-state index in [1.54, 1.807) is 32.6 Å². The fourth-order valence-corrected chi connectivity index (χ4v) is 2.87. The first kappa shape index (κ1) is 38.3. The predicted molar refractivity (Wildman–Crippen MR) is 148 cm³/mol. The first-order chi connectivity index (χ1) is 19.7. The summed E-state index contributed by atoms with van der Waals surface area (Å²) in [5.74, 6) is -0.679. The number of nitrogens with one attached hydrogen (secondary N) is 2. The first-order valence-corrected chi connectivity index (χ1v) is 13.7. The molecule has 0 saturated heterocycles. The molecule has 16 heteroatoms. The van der Waals surface area contributed by atoms with Crippen molar-refractivity contribution in [1.29, 1.82) is 0 Å². The Bertz CT molecular complexity index is 747. The van der Waals surface area contributed by atoms with E-state index in [-0.39, 0.29) is 32.1 Å². The van der Waals surface area contributed by atoms with Crippen LogP contribution in [0.4, 0.5) is 4.79 Å². The number of azide groups is 1. The van der Waals surface area contributed by atoms with Crippen molar-refractivity contribution >= 4 is 18.0 Å². The van der Waals surface area contributed by atoms with E-state index >= 15 is 0 Å². The Labute approximate surface area is 242 Å². The smallest absolute Gasteiger partial charge is 0.407 e. The topological polar surface area (TPSA) is 192 Å². The Balaban J connectivity index is 3.92. The highest BCUT2D eigenvalue weighted by Gasteiger charge is 2.16. The molecule has 0 atom stereocenters. The summed E-state index contributed by atoms with van der Waals surface area (Å²) >= 11 is 0. The van der Waals surface area contributed by atoms with Crippen molar-refractivity contribution in [1.82, 2.24) is 15.5 Å². The van der Waals surface area contributed by atoms with Gasteiger partial charge >= 0.3 is 12.1 Å². The Hall–Kier alpha value is -2.72. The van der Waals surface area contributed by atoms with Gasteiger partial charge < -0.3 is 43.8 Å². The average molecular weight is 593 g/mol. The lowest BCUT2D eigenvalue weighted by Crippen LogP contribution is -2.42. The number of amides is 2. The molecule has 0 bridgehead atoms. The zero-order valence-corrected chi connectivity index (χ0v) is 24.9. The summed E-state index contributed by atoms with van der Waals surface area (Å²) in [5, 5.41) is 8.70. The molecule has 0 heterocycles. The molecule has 0 radical (unpaired) electrons. The van der Waals surface area contributed by atoms with Gasteiger partial charge in [-0.15, -0.1) is 0 Å². The number of alkyl carbamates (subject to hydrolysis) is 1. The van der Waals surface area contributed by atoms with E-state index in [2.05, 4.69) is 20.7 Å². The van der Waals surface area contributed by atoms with Gasteiger partial charge in [-0.25, -0.2) is 4.79 Å². The van der Waals surface area contributed by atoms with Gasteiger partial charge in [0.25, 0.3) is 0 Å². The Morgan fingerprint density at radius 2 is 1.32 bits per heavy atom. The third-order valence-corrected chi connectivity index (χ3v) is 4.58. The van der Waals surface area contributed by atoms with Crippen LogP contribution in [-0.2, 0) is 42.7 Å². The minimum Gasteiger partial charge on any atom is -0.465 e. The molecule has 41 heavy (non-hydrogen) atoms. The summed E-state index contributed by atoms with van der Waals surface area (Å²) < 4.78 is 37.1. The number of ether oxygens (including phenoxy) is 7. The molecule has 2 N–H and O–H groups in total. The SMILES string of the molecule is CCOC(=O)CN(CCOCCOCCOCCNC(=O)OC(C)(C)C)CC(=O)NCCOCCOCCN=[N+]=[N-]. The van der Waals surface area contributed by atoms with Crippen molar-refractivity contribution in [2.24, 2.45) is 5.11 Å². The second-order valence-corrected chi connectivity index (χ2v) is 9.31. The predicted octanol–water partition coefficient (Wildman–Crippen LogP) is 0.886. The molecule has 0 aromatic rings. The van der Waals surface area contributed by atoms with E-state index in [0.29, 0.717) is 85.7 Å². The molecular weight excluding hydrogens is 544 g/mol. The zero-order valence-electron chi connectivity index (χ0n) is 24.9. The highest BCUT2D eigenvalue weighted by molar-refractivity contribution is 5.79. The van der Waals surface area contributed by atoms with Gasteiger partial charge in [-0.3, -0.25) is 14.5 Å². The van der Waals surface area contributed by atoms with Crippen molar-refractivity contribution in [2.45, 2.75) is 33.3 Å². The van der Waals surface area contributed by atoms with Gasteiger partial charge in [-0.05, 0) is 33.2 Å². The number of esters is 1. The minimum atomic E-state index is -0.542. The summed E-state index contributed by atoms with van der Waals surface area (Å²) in [6, 6.07) is 0. The summed E-state index contributed by atoms with van der Waals surface area (Å²) in [6.45, 7) is 12.0. The Morgan fingerprint density at radius 3 is 1.88 bits per heavy atom. The fourth-order valence-electron chi connectivity index (χ4n) is 2.87. The number of hydrogen-bond donors (Lipinski definition) is 2. The summed E-state index contributed by atoms with van der Waals surface area (Å²) in [7, 11) is 0. The second-order valence-electron chi connectivity index (χ2n) is 9.31. The van der Waals surface area contributed by atoms with Crippen LogP contribution in [0.1, 0.15) is 27.7 Å². The molecule has 0 aliphatic heterocycles. The second kappa shape index (κ2) is 26.2. The van der Waals surface area contributed by atoms with Crippen LogP contribution in [0.3, 0.4) is 0 Å². The summed E-state index contributed by atoms with van der Waals surface area (Å²) in [6.07, 6.45) is -0.486. The van der Waals surface area contributed by atoms with Gasteiger partial charge in [0.15, 0.2) is 0 Å². The largest absolute Gasteiger partial charge is 0.465 e. The monoisotopic (exact) mass is 592 g/mol. The van der Waals surface area contributed by atoms with E-state index in [1.165, 1.54) is 0 Å². The fraction of sp³-hybridized carbons (Fsp3) is 0.880. The lowest BCUT2D eigenvalue weighted by atomic mass is 10.2. The summed E-state index contributed by atoms with van der Waals surface area (Å²) in [5.41, 5.74) is 7.63. The molecule has 0 aromatic heterocycles. The third-order valence-electron chi connectivity index (χ3n) is 4.58. The molecule has 0 aliphatic rings. The van der Waals surface area contributed by atoms with E-state index in [1.807, 2.05) is 0 Å². The van der Waals surface area contributed by atoms with Crippen LogP contribution in [0.15, 0.2) is 5.11 Å². The van der Waals surface area contributed by atoms with E-state index in [9.17, 15) is 14.4 Å². The van der Waals surface area contributed by atoms with Gasteiger partial charge in [0, 0.05) is 31.1 Å². The number of carbonyl (C=O) groups is 3. The number of nitrogens with zero attached hydrogens (tertiary/aromatic N) is 4. The minimum absolute atomic E-state index is 0.00131. The highest BCUT2D eigenvalue weighted by Crippen LogP contribution is 2.06. The van der Waals surface area contributed by atoms with Crippen molar-refractivity contribution in [3.8, 4) is 0 Å². The quantitative estimate of drug-likeness (QED) is 0.0476. The molecular formula is C25H48N6O10. The normalized spacial score (nSPS) is 11.1. The van der Waals surface area contributed by atoms with Crippen LogP contribution in [0, 0.1) is 0 Å². The van der Waals surface area contributed by atoms with Gasteiger partial charge in [0.2, 0.25) is 5.91 Å². The van der Waals surface area contributed by atoms with E-state index in [4.69, 9.17) is 38.7 Å². The van der Waals surface area contributed by atoms with Crippen molar-refractivity contribution < 1.29 is 47.5 Å². The maximum atomic E-state index is 12.3. The molecule has 0 fully saturated rings. The number of carbonyl (C=O) groups excluding carboxylic acids is 3. The van der Waals surface area contributed by atoms with Crippen LogP contribution in [0.5, 0.6) is 0 Å². The molecule has 0 spiro atoms. The van der Waals surface area contributed by atoms with Crippen LogP contribution < -0.4 is 10.6 Å². The Kier molecular flexibility index (Phi) is 24.5. The first-order valence-electron chi connectivity index (χ1n) is 13.7. The molecule has 0 aliphatic carbocycles. The standard InChI is InChI=1S/C25H48N6O10/c1-5-40-23(33)21-31(20-22(32)27-6-10-35-14-15-37-12-8-29-30-26)9-13-38-17-19-39-18-16-36-11-7-28-24(34)41-25(2,3)4/h5-21H2,1-4H3,(H,27,32)(H,28,34). The maximum absolute atomic E-state index is 12.3. The maximum Gasteiger partial charge on any atom is 0.407 e. The van der Waals surface area contributed by atoms with Gasteiger partial charge in [-0.1, -0.05) is 5.11 Å². The lowest BCUT2D eigenvalue weighted by Gasteiger charge is -2.20. The summed E-state index contributed by atoms with van der Waals surface area (Å²) in [4.78, 5) is 40.0. The molecule has 0 rings (SSSR count). The van der Waals surface area contributed by atoms with Gasteiger partial charge in [0.1, 0.15) is 5.60 Å². The average Bonchev–Trinajstić information content (AvgIpc) is 2.89. The molecule has 2 amide bonds. The Morgan fingerprint density at radius 1 is 0.780 bits per heavy atom. The van der Waals surface area contributed by atoms with Crippen LogP contribution in [-0.4, -0.2) is 140 Å². The highest BCUT2D eigenvalue weighted by atomic mass is 16.6. The third kappa shape index (κ3) is 28.6. The number of hydrogen-bond acceptors (Lipinski definition) is 12. The van der Waals surface area contributed by atoms with Crippen LogP contribution >= 0.6 is 0 Å². The molecule has 0 aromatic carbocycles. The van der Waals surface area contributed by atoms with Gasteiger partial charge in [-0.2, -0.15) is 0 Å². The zero-order chi connectivity index (χ0) is 30.6. The molecule has 238 valence electrons. The van der Waals surface area contributed by atoms with E-state index in [0.717, 1.165) is 0 Å².